The molecule has 1 unspecified atom stereocenters. The van der Waals surface area contributed by atoms with Crippen molar-refractivity contribution in [2.24, 2.45) is 11.5 Å². The molecule has 0 aliphatic heterocycles. The number of benzene rings is 2. The van der Waals surface area contributed by atoms with Crippen LogP contribution in [0, 0.1) is 6.92 Å². The Balaban J connectivity index is 0.000000330. The molecule has 4 rings (SSSR count). The van der Waals surface area contributed by atoms with Gasteiger partial charge in [-0.25, -0.2) is 0 Å². The van der Waals surface area contributed by atoms with Crippen molar-refractivity contribution in [1.29, 1.82) is 0 Å². The number of ether oxygens (including phenoxy) is 1. The number of carbonyl (C=O) groups excluding carboxylic acids is 1. The van der Waals surface area contributed by atoms with Crippen molar-refractivity contribution < 1.29 is 31.3 Å². The Morgan fingerprint density at radius 1 is 1.07 bits per heavy atom. The lowest BCUT2D eigenvalue weighted by Crippen LogP contribution is -2.38. The van der Waals surface area contributed by atoms with Crippen molar-refractivity contribution in [1.82, 2.24) is 10.2 Å². The lowest BCUT2D eigenvalue weighted by Gasteiger charge is -2.29. The first-order valence-corrected chi connectivity index (χ1v) is 14.8. The minimum Gasteiger partial charge on any atom is -0.419 e. The van der Waals surface area contributed by atoms with E-state index in [9.17, 15) is 22.2 Å². The highest BCUT2D eigenvalue weighted by Gasteiger charge is 2.35. The van der Waals surface area contributed by atoms with Crippen molar-refractivity contribution in [2.75, 3.05) is 12.8 Å². The molecule has 0 radical (unpaired) electrons. The molecule has 3 aromatic rings. The molecule has 12 heteroatoms. The highest BCUT2D eigenvalue weighted by atomic mass is 32.2. The third-order valence-corrected chi connectivity index (χ3v) is 7.99. The molecule has 1 heterocycles. The second-order valence-corrected chi connectivity index (χ2v) is 11.2. The topological polar surface area (TPSA) is 134 Å². The Morgan fingerprint density at radius 2 is 1.71 bits per heavy atom. The lowest BCUT2D eigenvalue weighted by molar-refractivity contribution is -0.274. The predicted molar refractivity (Wildman–Crippen MR) is 153 cm³/mol. The highest BCUT2D eigenvalue weighted by Crippen LogP contribution is 2.35. The first-order valence-electron chi connectivity index (χ1n) is 13.4. The minimum absolute atomic E-state index is 0.0458. The van der Waals surface area contributed by atoms with Gasteiger partial charge in [0.2, 0.25) is 11.8 Å². The van der Waals surface area contributed by atoms with Crippen LogP contribution in [0.3, 0.4) is 0 Å². The Kier molecular flexibility index (Phi) is 13.1. The Hall–Kier alpha value is -3.09. The van der Waals surface area contributed by atoms with E-state index >= 15 is 0 Å². The quantitative estimate of drug-likeness (QED) is 0.325. The first kappa shape index (κ1) is 34.1. The van der Waals surface area contributed by atoms with E-state index in [-0.39, 0.29) is 11.5 Å². The number of aromatic nitrogens is 2. The van der Waals surface area contributed by atoms with Gasteiger partial charge in [-0.2, -0.15) is 0 Å². The van der Waals surface area contributed by atoms with Crippen molar-refractivity contribution >= 4 is 16.6 Å². The summed E-state index contributed by atoms with van der Waals surface area (Å²) in [5, 5.41) is 8.35. The molecule has 1 atom stereocenters. The number of nitrogens with two attached hydrogens (primary N) is 2. The molecular weight excluding hydrogens is 557 g/mol. The van der Waals surface area contributed by atoms with Crippen LogP contribution in [-0.2, 0) is 27.6 Å². The van der Waals surface area contributed by atoms with Gasteiger partial charge in [-0.05, 0) is 81.6 Å². The molecule has 0 spiro atoms. The number of nitrogens with zero attached hydrogens (tertiary/aromatic N) is 2. The van der Waals surface area contributed by atoms with Gasteiger partial charge in [-0.15, -0.1) is 23.4 Å². The summed E-state index contributed by atoms with van der Waals surface area (Å²) in [4.78, 5) is 11.8. The van der Waals surface area contributed by atoms with E-state index < -0.39 is 22.7 Å². The molecule has 1 aliphatic carbocycles. The summed E-state index contributed by atoms with van der Waals surface area (Å²) in [6.07, 6.45) is 1.59. The number of hydrogen-bond acceptors (Lipinski definition) is 8. The molecule has 1 aliphatic rings. The highest BCUT2D eigenvalue weighted by molar-refractivity contribution is 7.85. The fourth-order valence-corrected chi connectivity index (χ4v) is 5.58. The maximum Gasteiger partial charge on any atom is 0.573 e. The number of alkyl halides is 3. The minimum atomic E-state index is -4.60. The fourth-order valence-electron chi connectivity index (χ4n) is 4.25. The number of Topliss-reactive ketones (excluding diaryl/α,β-unsaturated/α-hetero) is 1. The summed E-state index contributed by atoms with van der Waals surface area (Å²) in [6.45, 7) is 5.34. The van der Waals surface area contributed by atoms with E-state index in [2.05, 4.69) is 20.7 Å². The van der Waals surface area contributed by atoms with Crippen molar-refractivity contribution in [3.05, 3.63) is 59.5 Å². The van der Waals surface area contributed by atoms with Crippen LogP contribution in [0.15, 0.2) is 51.8 Å². The van der Waals surface area contributed by atoms with Gasteiger partial charge in [0.05, 0.1) is 16.3 Å². The van der Waals surface area contributed by atoms with Crippen LogP contribution in [0.1, 0.15) is 69.4 Å². The number of halogens is 3. The van der Waals surface area contributed by atoms with Crippen LogP contribution in [0.4, 0.5) is 13.2 Å². The van der Waals surface area contributed by atoms with Gasteiger partial charge >= 0.3 is 6.36 Å². The first-order chi connectivity index (χ1) is 19.4. The van der Waals surface area contributed by atoms with Crippen LogP contribution in [0.2, 0.25) is 0 Å². The molecule has 8 nitrogen and oxygen atoms in total. The van der Waals surface area contributed by atoms with Crippen LogP contribution in [0.25, 0.3) is 11.5 Å². The van der Waals surface area contributed by atoms with E-state index in [1.54, 1.807) is 12.1 Å². The zero-order valence-electron chi connectivity index (χ0n) is 23.9. The monoisotopic (exact) mass is 596 g/mol. The lowest BCUT2D eigenvalue weighted by atomic mass is 9.82. The van der Waals surface area contributed by atoms with Gasteiger partial charge in [0.25, 0.3) is 0 Å². The number of ketones is 1. The molecule has 0 saturated heterocycles. The number of carbonyl (C=O) groups is 1. The zero-order valence-corrected chi connectivity index (χ0v) is 24.7. The van der Waals surface area contributed by atoms with Gasteiger partial charge < -0.3 is 20.6 Å². The molecule has 1 aromatic heterocycles. The van der Waals surface area contributed by atoms with Crippen LogP contribution in [-0.4, -0.2) is 39.4 Å². The molecule has 2 aromatic carbocycles. The molecule has 1 saturated carbocycles. The average molecular weight is 597 g/mol. The van der Waals surface area contributed by atoms with Gasteiger partial charge in [-0.3, -0.25) is 9.00 Å². The SMILES string of the molecule is CC(=O)CCS(=O)c1ccc(-c2nnc(C3(N)CCCCC3)o2)cc1C.CCc1ccc(OC(F)(F)F)cc1.CN. The second-order valence-electron chi connectivity index (χ2n) is 9.66. The number of rotatable bonds is 8. The maximum absolute atomic E-state index is 12.4. The Morgan fingerprint density at radius 3 is 2.24 bits per heavy atom. The van der Waals surface area contributed by atoms with Crippen molar-refractivity contribution in [2.45, 2.75) is 82.5 Å². The number of aryl methyl sites for hydroxylation is 2. The summed E-state index contributed by atoms with van der Waals surface area (Å²) < 4.78 is 57.0. The van der Waals surface area contributed by atoms with E-state index in [4.69, 9.17) is 10.2 Å². The maximum atomic E-state index is 12.4. The molecule has 41 heavy (non-hydrogen) atoms. The normalized spacial score (nSPS) is 15.0. The van der Waals surface area contributed by atoms with Crippen molar-refractivity contribution in [3.63, 3.8) is 0 Å². The standard InChI is InChI=1S/C19H25N3O3S.C9H9F3O.CH5N/c1-13-12-15(6-7-16(13)26(24)11-8-14(2)23)17-21-22-18(25-17)19(20)9-4-3-5-10-19;1-2-7-3-5-8(6-4-7)13-9(10,11)12;1-2/h6-7,12H,3-5,8-11,20H2,1-2H3;3-6H,2H2,1H3;2H2,1H3. The average Bonchev–Trinajstić information content (AvgIpc) is 3.45. The summed E-state index contributed by atoms with van der Waals surface area (Å²) in [5.74, 6) is 1.14. The summed E-state index contributed by atoms with van der Waals surface area (Å²) in [7, 11) is 0.307. The molecule has 0 bridgehead atoms. The molecule has 4 N–H and O–H groups in total. The molecule has 0 amide bonds. The van der Waals surface area contributed by atoms with Gasteiger partial charge in [-0.1, -0.05) is 38.3 Å². The van der Waals surface area contributed by atoms with Gasteiger partial charge in [0.15, 0.2) is 0 Å². The third kappa shape index (κ3) is 10.7. The molecular formula is C29H39F3N4O4S. The number of hydrogen-bond donors (Lipinski definition) is 2. The van der Waals surface area contributed by atoms with E-state index in [1.165, 1.54) is 32.5 Å². The van der Waals surface area contributed by atoms with Crippen molar-refractivity contribution in [3.8, 4) is 17.2 Å². The van der Waals surface area contributed by atoms with Crippen LogP contribution in [0.5, 0.6) is 5.75 Å². The fraction of sp³-hybridized carbons (Fsp3) is 0.483. The Bertz CT molecular complexity index is 1270. The van der Waals surface area contributed by atoms with Crippen LogP contribution < -0.4 is 16.2 Å². The van der Waals surface area contributed by atoms with Crippen LogP contribution >= 0.6 is 0 Å². The zero-order chi connectivity index (χ0) is 30.6. The summed E-state index contributed by atoms with van der Waals surface area (Å²) >= 11 is 0. The summed E-state index contributed by atoms with van der Waals surface area (Å²) in [5.41, 5.74) is 13.1. The Labute approximate surface area is 241 Å². The largest absolute Gasteiger partial charge is 0.573 e. The molecule has 1 fully saturated rings. The van der Waals surface area contributed by atoms with Gasteiger partial charge in [0, 0.05) is 22.6 Å². The van der Waals surface area contributed by atoms with E-state index in [0.717, 1.165) is 53.7 Å². The second kappa shape index (κ2) is 15.8. The third-order valence-electron chi connectivity index (χ3n) is 6.47. The molecule has 226 valence electrons. The predicted octanol–water partition coefficient (Wildman–Crippen LogP) is 5.97. The smallest absolute Gasteiger partial charge is 0.419 e. The van der Waals surface area contributed by atoms with E-state index in [0.29, 0.717) is 24.0 Å². The van der Waals surface area contributed by atoms with Gasteiger partial charge in [0.1, 0.15) is 11.5 Å². The van der Waals surface area contributed by atoms with E-state index in [1.807, 2.05) is 32.0 Å². The summed E-state index contributed by atoms with van der Waals surface area (Å²) in [6, 6.07) is 11.4.